The molecule has 1 atom stereocenters. The third kappa shape index (κ3) is 0.877. The fourth-order valence-electron chi connectivity index (χ4n) is 1.65. The van der Waals surface area contributed by atoms with E-state index in [2.05, 4.69) is 6.92 Å². The summed E-state index contributed by atoms with van der Waals surface area (Å²) in [7, 11) is 0. The summed E-state index contributed by atoms with van der Waals surface area (Å²) >= 11 is 0. The number of rotatable bonds is 1. The molecule has 9 heavy (non-hydrogen) atoms. The Morgan fingerprint density at radius 3 is 2.67 bits per heavy atom. The van der Waals surface area contributed by atoms with Crippen LogP contribution < -0.4 is 0 Å². The molecule has 0 N–H and O–H groups in total. The fraction of sp³-hybridized carbons (Fsp3) is 1.00. The molecule has 2 aliphatic rings. The molecule has 2 rings (SSSR count). The van der Waals surface area contributed by atoms with Crippen LogP contribution >= 0.6 is 0 Å². The zero-order valence-electron chi connectivity index (χ0n) is 6.02. The maximum absolute atomic E-state index is 5.58. The lowest BCUT2D eigenvalue weighted by Gasteiger charge is -2.15. The zero-order chi connectivity index (χ0) is 6.32. The fourth-order valence-corrected chi connectivity index (χ4v) is 1.65. The van der Waals surface area contributed by atoms with Crippen LogP contribution in [0, 0.1) is 5.41 Å². The summed E-state index contributed by atoms with van der Waals surface area (Å²) in [6.07, 6.45) is 6.03. The second kappa shape index (κ2) is 1.72. The Bertz CT molecular complexity index is 110. The third-order valence-corrected chi connectivity index (χ3v) is 2.75. The quantitative estimate of drug-likeness (QED) is 0.522. The van der Waals surface area contributed by atoms with Crippen LogP contribution in [0.2, 0.25) is 0 Å². The lowest BCUT2D eigenvalue weighted by atomic mass is 10.00. The predicted molar refractivity (Wildman–Crippen MR) is 36.3 cm³/mol. The summed E-state index contributed by atoms with van der Waals surface area (Å²) < 4.78 is 5.58. The molecular formula is C8H14O. The lowest BCUT2D eigenvalue weighted by Crippen LogP contribution is -2.16. The molecule has 1 saturated heterocycles. The molecular weight excluding hydrogens is 112 g/mol. The summed E-state index contributed by atoms with van der Waals surface area (Å²) in [4.78, 5) is 0. The zero-order valence-corrected chi connectivity index (χ0v) is 6.02. The molecule has 2 fully saturated rings. The Balaban J connectivity index is 1.97. The Kier molecular flexibility index (Phi) is 1.10. The van der Waals surface area contributed by atoms with Crippen molar-refractivity contribution < 1.29 is 4.74 Å². The lowest BCUT2D eigenvalue weighted by molar-refractivity contribution is 0.0590. The van der Waals surface area contributed by atoms with Crippen LogP contribution in [-0.2, 0) is 4.74 Å². The van der Waals surface area contributed by atoms with Gasteiger partial charge in [0.15, 0.2) is 0 Å². The van der Waals surface area contributed by atoms with Crippen LogP contribution in [0.1, 0.15) is 32.6 Å². The van der Waals surface area contributed by atoms with Crippen LogP contribution in [0.25, 0.3) is 0 Å². The highest BCUT2D eigenvalue weighted by Crippen LogP contribution is 2.51. The van der Waals surface area contributed by atoms with Gasteiger partial charge < -0.3 is 4.74 Å². The Morgan fingerprint density at radius 1 is 1.44 bits per heavy atom. The maximum Gasteiger partial charge on any atom is 0.0629 e. The smallest absolute Gasteiger partial charge is 0.0629 e. The van der Waals surface area contributed by atoms with Crippen molar-refractivity contribution >= 4 is 0 Å². The van der Waals surface area contributed by atoms with Crippen LogP contribution in [0.15, 0.2) is 0 Å². The van der Waals surface area contributed by atoms with Gasteiger partial charge in [-0.05, 0) is 31.1 Å². The first-order chi connectivity index (χ1) is 4.31. The average molecular weight is 126 g/mol. The van der Waals surface area contributed by atoms with Gasteiger partial charge in [0.25, 0.3) is 0 Å². The second-order valence-electron chi connectivity index (χ2n) is 3.66. The molecule has 0 radical (unpaired) electrons. The van der Waals surface area contributed by atoms with Gasteiger partial charge in [-0.3, -0.25) is 0 Å². The molecule has 0 spiro atoms. The molecule has 0 aromatic rings. The molecule has 52 valence electrons. The first-order valence-corrected chi connectivity index (χ1v) is 3.93. The van der Waals surface area contributed by atoms with Crippen LogP contribution in [0.5, 0.6) is 0 Å². The van der Waals surface area contributed by atoms with Crippen molar-refractivity contribution in [1.29, 1.82) is 0 Å². The van der Waals surface area contributed by atoms with E-state index in [1.54, 1.807) is 0 Å². The highest BCUT2D eigenvalue weighted by molar-refractivity contribution is 4.96. The summed E-state index contributed by atoms with van der Waals surface area (Å²) in [5, 5.41) is 0. The van der Waals surface area contributed by atoms with Gasteiger partial charge in [-0.15, -0.1) is 0 Å². The van der Waals surface area contributed by atoms with E-state index in [1.807, 2.05) is 0 Å². The highest BCUT2D eigenvalue weighted by Gasteiger charge is 2.46. The molecule has 0 amide bonds. The average Bonchev–Trinajstić information content (AvgIpc) is 2.46. The van der Waals surface area contributed by atoms with Crippen molar-refractivity contribution in [3.05, 3.63) is 0 Å². The SMILES string of the molecule is CC1(C2CCCO2)CC1. The van der Waals surface area contributed by atoms with Crippen molar-refractivity contribution in [2.75, 3.05) is 6.61 Å². The van der Waals surface area contributed by atoms with Crippen molar-refractivity contribution in [2.45, 2.75) is 38.7 Å². The molecule has 1 nitrogen and oxygen atoms in total. The van der Waals surface area contributed by atoms with Gasteiger partial charge in [0.05, 0.1) is 6.10 Å². The topological polar surface area (TPSA) is 9.23 Å². The molecule has 1 heteroatoms. The molecule has 0 aromatic heterocycles. The van der Waals surface area contributed by atoms with Gasteiger partial charge in [0, 0.05) is 6.61 Å². The standard InChI is InChI=1S/C8H14O/c1-8(4-5-8)7-3-2-6-9-7/h7H,2-6H2,1H3. The van der Waals surface area contributed by atoms with Crippen molar-refractivity contribution in [3.63, 3.8) is 0 Å². The van der Waals surface area contributed by atoms with Crippen LogP contribution in [0.3, 0.4) is 0 Å². The van der Waals surface area contributed by atoms with Crippen molar-refractivity contribution in [2.24, 2.45) is 5.41 Å². The Morgan fingerprint density at radius 2 is 2.22 bits per heavy atom. The Hall–Kier alpha value is -0.0400. The minimum absolute atomic E-state index is 0.608. The third-order valence-electron chi connectivity index (χ3n) is 2.75. The van der Waals surface area contributed by atoms with Gasteiger partial charge in [0.1, 0.15) is 0 Å². The van der Waals surface area contributed by atoms with Crippen molar-refractivity contribution in [1.82, 2.24) is 0 Å². The molecule has 0 bridgehead atoms. The van der Waals surface area contributed by atoms with E-state index in [0.29, 0.717) is 11.5 Å². The highest BCUT2D eigenvalue weighted by atomic mass is 16.5. The molecule has 0 aromatic carbocycles. The van der Waals surface area contributed by atoms with Gasteiger partial charge >= 0.3 is 0 Å². The van der Waals surface area contributed by atoms with Gasteiger partial charge in [-0.1, -0.05) is 6.92 Å². The number of hydrogen-bond acceptors (Lipinski definition) is 1. The molecule has 1 heterocycles. The van der Waals surface area contributed by atoms with Gasteiger partial charge in [-0.25, -0.2) is 0 Å². The maximum atomic E-state index is 5.58. The van der Waals surface area contributed by atoms with Crippen LogP contribution in [-0.4, -0.2) is 12.7 Å². The normalized spacial score (nSPS) is 39.0. The van der Waals surface area contributed by atoms with Gasteiger partial charge in [-0.2, -0.15) is 0 Å². The number of hydrogen-bond donors (Lipinski definition) is 0. The molecule has 1 aliphatic heterocycles. The largest absolute Gasteiger partial charge is 0.378 e. The van der Waals surface area contributed by atoms with Gasteiger partial charge in [0.2, 0.25) is 0 Å². The Labute approximate surface area is 56.4 Å². The summed E-state index contributed by atoms with van der Waals surface area (Å²) in [6, 6.07) is 0. The minimum Gasteiger partial charge on any atom is -0.378 e. The number of ether oxygens (including phenoxy) is 1. The van der Waals surface area contributed by atoms with E-state index in [0.717, 1.165) is 6.61 Å². The van der Waals surface area contributed by atoms with E-state index >= 15 is 0 Å². The summed E-state index contributed by atoms with van der Waals surface area (Å²) in [5.74, 6) is 0. The molecule has 1 saturated carbocycles. The van der Waals surface area contributed by atoms with E-state index < -0.39 is 0 Å². The summed E-state index contributed by atoms with van der Waals surface area (Å²) in [6.45, 7) is 3.36. The monoisotopic (exact) mass is 126 g/mol. The van der Waals surface area contributed by atoms with Crippen LogP contribution in [0.4, 0.5) is 0 Å². The van der Waals surface area contributed by atoms with E-state index in [4.69, 9.17) is 4.74 Å². The predicted octanol–water partition coefficient (Wildman–Crippen LogP) is 1.97. The first-order valence-electron chi connectivity index (χ1n) is 3.93. The molecule has 1 aliphatic carbocycles. The van der Waals surface area contributed by atoms with E-state index in [1.165, 1.54) is 25.7 Å². The van der Waals surface area contributed by atoms with E-state index in [9.17, 15) is 0 Å². The van der Waals surface area contributed by atoms with Crippen molar-refractivity contribution in [3.8, 4) is 0 Å². The second-order valence-corrected chi connectivity index (χ2v) is 3.66. The molecule has 1 unspecified atom stereocenters. The minimum atomic E-state index is 0.608. The summed E-state index contributed by atoms with van der Waals surface area (Å²) in [5.41, 5.74) is 0.608. The first kappa shape index (κ1) is 5.72. The van der Waals surface area contributed by atoms with E-state index in [-0.39, 0.29) is 0 Å².